The van der Waals surface area contributed by atoms with Crippen LogP contribution in [0.15, 0.2) is 36.8 Å². The lowest BCUT2D eigenvalue weighted by molar-refractivity contribution is 0.186. The number of imidazole rings is 1. The molecule has 10 nitrogen and oxygen atoms in total. The van der Waals surface area contributed by atoms with E-state index in [0.717, 1.165) is 54.1 Å². The summed E-state index contributed by atoms with van der Waals surface area (Å²) in [7, 11) is 1.30. The van der Waals surface area contributed by atoms with Gasteiger partial charge in [-0.3, -0.25) is 5.32 Å². The van der Waals surface area contributed by atoms with Crippen LogP contribution in [0.4, 0.5) is 16.6 Å². The van der Waals surface area contributed by atoms with Gasteiger partial charge in [0.15, 0.2) is 5.65 Å². The molecule has 1 aromatic carbocycles. The fourth-order valence-corrected chi connectivity index (χ4v) is 5.15. The number of benzene rings is 1. The van der Waals surface area contributed by atoms with E-state index in [-0.39, 0.29) is 11.4 Å². The van der Waals surface area contributed by atoms with Gasteiger partial charge in [-0.05, 0) is 48.4 Å². The van der Waals surface area contributed by atoms with Gasteiger partial charge in [0.1, 0.15) is 24.5 Å². The zero-order chi connectivity index (χ0) is 25.6. The third-order valence-corrected chi connectivity index (χ3v) is 7.12. The Morgan fingerprint density at radius 2 is 2.08 bits per heavy atom. The highest BCUT2D eigenvalue weighted by Gasteiger charge is 2.30. The Hall–Kier alpha value is -4.21. The van der Waals surface area contributed by atoms with Crippen molar-refractivity contribution in [2.75, 3.05) is 30.5 Å². The van der Waals surface area contributed by atoms with E-state index in [4.69, 9.17) is 9.72 Å². The molecule has 0 fully saturated rings. The van der Waals surface area contributed by atoms with Gasteiger partial charge >= 0.3 is 6.09 Å². The SMILES string of the molecule is COC(=O)Nc1nc2ncc(-c3ccc4c(c3)CN(c3ncnc5c3CC(C)(C)CC5)CCO4)cc2[nH]1. The summed E-state index contributed by atoms with van der Waals surface area (Å²) in [6.45, 7) is 6.68. The van der Waals surface area contributed by atoms with Crippen molar-refractivity contribution in [1.82, 2.24) is 24.9 Å². The number of rotatable bonds is 3. The predicted molar refractivity (Wildman–Crippen MR) is 140 cm³/mol. The highest BCUT2D eigenvalue weighted by molar-refractivity contribution is 5.86. The second kappa shape index (κ2) is 9.02. The van der Waals surface area contributed by atoms with E-state index in [1.54, 1.807) is 12.5 Å². The fourth-order valence-electron chi connectivity index (χ4n) is 5.15. The van der Waals surface area contributed by atoms with Crippen LogP contribution in [0.1, 0.15) is 37.1 Å². The number of carbonyl (C=O) groups is 1. The Morgan fingerprint density at radius 1 is 1.19 bits per heavy atom. The lowest BCUT2D eigenvalue weighted by Gasteiger charge is -2.33. The van der Waals surface area contributed by atoms with Gasteiger partial charge in [0, 0.05) is 35.1 Å². The molecular weight excluding hydrogens is 470 g/mol. The molecule has 4 heterocycles. The van der Waals surface area contributed by atoms with Gasteiger partial charge in [0.05, 0.1) is 19.2 Å². The van der Waals surface area contributed by atoms with Gasteiger partial charge in [-0.15, -0.1) is 0 Å². The van der Waals surface area contributed by atoms with E-state index in [9.17, 15) is 4.79 Å². The molecule has 0 atom stereocenters. The molecule has 190 valence electrons. The summed E-state index contributed by atoms with van der Waals surface area (Å²) in [5.74, 6) is 2.19. The molecule has 37 heavy (non-hydrogen) atoms. The molecule has 0 saturated carbocycles. The van der Waals surface area contributed by atoms with Crippen molar-refractivity contribution in [3.63, 3.8) is 0 Å². The highest BCUT2D eigenvalue weighted by Crippen LogP contribution is 2.39. The van der Waals surface area contributed by atoms with E-state index >= 15 is 0 Å². The molecule has 0 unspecified atom stereocenters. The first-order valence-corrected chi connectivity index (χ1v) is 12.4. The zero-order valence-electron chi connectivity index (χ0n) is 21.2. The van der Waals surface area contributed by atoms with Crippen molar-refractivity contribution < 1.29 is 14.3 Å². The van der Waals surface area contributed by atoms with Gasteiger partial charge in [-0.2, -0.15) is 4.98 Å². The molecule has 0 bridgehead atoms. The molecular formula is C27H29N7O3. The van der Waals surface area contributed by atoms with Gasteiger partial charge in [-0.1, -0.05) is 19.9 Å². The molecule has 4 aromatic rings. The third-order valence-electron chi connectivity index (χ3n) is 7.12. The first-order valence-electron chi connectivity index (χ1n) is 12.4. The molecule has 0 spiro atoms. The van der Waals surface area contributed by atoms with Crippen LogP contribution in [0.2, 0.25) is 0 Å². The van der Waals surface area contributed by atoms with Crippen LogP contribution in [0.3, 0.4) is 0 Å². The first kappa shape index (κ1) is 23.2. The standard InChI is InChI=1S/C27H29N7O3/c1-27(2)7-6-20-19(12-27)24(30-15-29-20)34-8-9-37-22-5-4-16(10-18(22)14-34)17-11-21-23(28-13-17)32-25(31-21)33-26(35)36-3/h4-5,10-11,13,15H,6-9,12,14H2,1-3H3,(H2,28,31,32,33,35). The van der Waals surface area contributed by atoms with E-state index in [2.05, 4.69) is 54.8 Å². The number of fused-ring (bicyclic) bond motifs is 3. The maximum atomic E-state index is 11.5. The number of carbonyl (C=O) groups excluding carboxylic acids is 1. The minimum atomic E-state index is -0.594. The van der Waals surface area contributed by atoms with Crippen LogP contribution >= 0.6 is 0 Å². The lowest BCUT2D eigenvalue weighted by Crippen LogP contribution is -2.31. The highest BCUT2D eigenvalue weighted by atomic mass is 16.5. The van der Waals surface area contributed by atoms with Crippen molar-refractivity contribution >= 4 is 29.0 Å². The maximum absolute atomic E-state index is 11.5. The van der Waals surface area contributed by atoms with Crippen LogP contribution < -0.4 is 15.0 Å². The molecule has 3 aromatic heterocycles. The number of hydrogen-bond acceptors (Lipinski definition) is 8. The van der Waals surface area contributed by atoms with Crippen molar-refractivity contribution in [2.45, 2.75) is 39.7 Å². The number of aromatic nitrogens is 5. The van der Waals surface area contributed by atoms with E-state index in [1.807, 2.05) is 18.2 Å². The Balaban J connectivity index is 1.31. The number of H-pyrrole nitrogens is 1. The molecule has 1 amide bonds. The third kappa shape index (κ3) is 4.54. The summed E-state index contributed by atoms with van der Waals surface area (Å²) in [4.78, 5) is 35.0. The molecule has 10 heteroatoms. The summed E-state index contributed by atoms with van der Waals surface area (Å²) in [5.41, 5.74) is 6.94. The number of ether oxygens (including phenoxy) is 2. The van der Waals surface area contributed by atoms with Crippen LogP contribution in [-0.4, -0.2) is 51.3 Å². The van der Waals surface area contributed by atoms with Crippen molar-refractivity contribution in [3.8, 4) is 16.9 Å². The number of amides is 1. The number of aromatic amines is 1. The first-order chi connectivity index (χ1) is 17.9. The normalized spacial score (nSPS) is 16.4. The molecule has 6 rings (SSSR count). The van der Waals surface area contributed by atoms with E-state index in [1.165, 1.54) is 18.4 Å². The van der Waals surface area contributed by atoms with Gasteiger partial charge < -0.3 is 19.4 Å². The molecule has 2 aliphatic rings. The number of methoxy groups -OCH3 is 1. The molecule has 2 N–H and O–H groups in total. The molecule has 0 saturated heterocycles. The largest absolute Gasteiger partial charge is 0.491 e. The molecule has 1 aliphatic heterocycles. The summed E-state index contributed by atoms with van der Waals surface area (Å²) < 4.78 is 10.8. The van der Waals surface area contributed by atoms with E-state index < -0.39 is 6.09 Å². The summed E-state index contributed by atoms with van der Waals surface area (Å²) in [6, 6.07) is 8.18. The van der Waals surface area contributed by atoms with Gasteiger partial charge in [-0.25, -0.2) is 19.7 Å². The number of nitrogens with one attached hydrogen (secondary N) is 2. The number of aryl methyl sites for hydroxylation is 1. The van der Waals surface area contributed by atoms with Crippen molar-refractivity contribution in [2.24, 2.45) is 5.41 Å². The van der Waals surface area contributed by atoms with Crippen LogP contribution in [0.5, 0.6) is 5.75 Å². The smallest absolute Gasteiger partial charge is 0.413 e. The average molecular weight is 500 g/mol. The minimum Gasteiger partial charge on any atom is -0.491 e. The van der Waals surface area contributed by atoms with Crippen LogP contribution in [0.25, 0.3) is 22.3 Å². The van der Waals surface area contributed by atoms with Crippen LogP contribution in [-0.2, 0) is 24.1 Å². The monoisotopic (exact) mass is 499 g/mol. The zero-order valence-corrected chi connectivity index (χ0v) is 21.2. The number of hydrogen-bond donors (Lipinski definition) is 2. The summed E-state index contributed by atoms with van der Waals surface area (Å²) in [6.07, 6.45) is 5.99. The Kier molecular flexibility index (Phi) is 5.66. The van der Waals surface area contributed by atoms with Gasteiger partial charge in [0.25, 0.3) is 0 Å². The molecule has 0 radical (unpaired) electrons. The fraction of sp³-hybridized carbons (Fsp3) is 0.370. The summed E-state index contributed by atoms with van der Waals surface area (Å²) >= 11 is 0. The number of anilines is 2. The predicted octanol–water partition coefficient (Wildman–Crippen LogP) is 4.51. The summed E-state index contributed by atoms with van der Waals surface area (Å²) in [5, 5.41) is 2.53. The van der Waals surface area contributed by atoms with Crippen LogP contribution in [0, 0.1) is 5.41 Å². The molecule has 1 aliphatic carbocycles. The minimum absolute atomic E-state index is 0.241. The Morgan fingerprint density at radius 3 is 2.95 bits per heavy atom. The lowest BCUT2D eigenvalue weighted by atomic mass is 9.76. The van der Waals surface area contributed by atoms with Crippen molar-refractivity contribution in [3.05, 3.63) is 53.6 Å². The van der Waals surface area contributed by atoms with Gasteiger partial charge in [0.2, 0.25) is 5.95 Å². The average Bonchev–Trinajstić information content (AvgIpc) is 3.16. The number of pyridine rings is 1. The second-order valence-corrected chi connectivity index (χ2v) is 10.4. The quantitative estimate of drug-likeness (QED) is 0.423. The Labute approximate surface area is 214 Å². The Bertz CT molecular complexity index is 1500. The van der Waals surface area contributed by atoms with Crippen molar-refractivity contribution in [1.29, 1.82) is 0 Å². The topological polar surface area (TPSA) is 118 Å². The maximum Gasteiger partial charge on any atom is 0.413 e. The second-order valence-electron chi connectivity index (χ2n) is 10.4. The number of nitrogens with zero attached hydrogens (tertiary/aromatic N) is 5. The van der Waals surface area contributed by atoms with E-state index in [0.29, 0.717) is 24.3 Å².